The summed E-state index contributed by atoms with van der Waals surface area (Å²) in [6, 6.07) is 4.28. The predicted octanol–water partition coefficient (Wildman–Crippen LogP) is 3.69. The van der Waals surface area contributed by atoms with Crippen molar-refractivity contribution in [3.63, 3.8) is 0 Å². The lowest BCUT2D eigenvalue weighted by Gasteiger charge is -2.36. The van der Waals surface area contributed by atoms with E-state index in [9.17, 15) is 25.1 Å². The third-order valence-corrected chi connectivity index (χ3v) is 9.74. The van der Waals surface area contributed by atoms with Gasteiger partial charge >= 0.3 is 0 Å². The number of aldehydes is 1. The zero-order valence-corrected chi connectivity index (χ0v) is 17.1. The Morgan fingerprint density at radius 1 is 1.31 bits per heavy atom. The minimum atomic E-state index is -1.99. The third kappa shape index (κ3) is 5.53. The van der Waals surface area contributed by atoms with E-state index in [-0.39, 0.29) is 16.4 Å². The number of para-hydroxylation sites is 1. The van der Waals surface area contributed by atoms with Gasteiger partial charge in [0.05, 0.1) is 5.92 Å². The monoisotopic (exact) mass is 383 g/mol. The van der Waals surface area contributed by atoms with Crippen molar-refractivity contribution < 1.29 is 24.4 Å². The van der Waals surface area contributed by atoms with Gasteiger partial charge in [-0.3, -0.25) is 10.1 Å². The fraction of sp³-hybridized carbons (Fsp3) is 0.611. The molecule has 0 amide bonds. The van der Waals surface area contributed by atoms with E-state index in [1.165, 1.54) is 18.2 Å². The van der Waals surface area contributed by atoms with Gasteiger partial charge in [-0.05, 0) is 30.6 Å². The van der Waals surface area contributed by atoms with Crippen LogP contribution in [0.1, 0.15) is 38.7 Å². The van der Waals surface area contributed by atoms with Crippen LogP contribution in [0.4, 0.5) is 0 Å². The zero-order chi connectivity index (χ0) is 20.1. The summed E-state index contributed by atoms with van der Waals surface area (Å²) < 4.78 is 6.07. The van der Waals surface area contributed by atoms with E-state index in [0.717, 1.165) is 0 Å². The summed E-state index contributed by atoms with van der Waals surface area (Å²) in [6.07, 6.45) is 0.982. The number of aromatic hydroxyl groups is 2. The van der Waals surface area contributed by atoms with E-state index >= 15 is 0 Å². The third-order valence-electron chi connectivity index (χ3n) is 5.20. The van der Waals surface area contributed by atoms with Crippen molar-refractivity contribution in [3.8, 4) is 11.5 Å². The SMILES string of the molecule is CC(C)(C)[Si](C)(C)OCCC(C=O)C(C[N+](=O)[O-])c1cccc(O)c1O. The van der Waals surface area contributed by atoms with Crippen LogP contribution in [0.3, 0.4) is 0 Å². The fourth-order valence-electron chi connectivity index (χ4n) is 2.50. The molecule has 146 valence electrons. The maximum absolute atomic E-state index is 11.6. The smallest absolute Gasteiger partial charge is 0.211 e. The molecule has 1 rings (SSSR count). The molecular weight excluding hydrogens is 354 g/mol. The fourth-order valence-corrected chi connectivity index (χ4v) is 3.56. The topological polar surface area (TPSA) is 110 Å². The summed E-state index contributed by atoms with van der Waals surface area (Å²) in [6.45, 7) is 10.3. The van der Waals surface area contributed by atoms with E-state index in [1.54, 1.807) is 0 Å². The van der Waals surface area contributed by atoms with E-state index < -0.39 is 37.4 Å². The van der Waals surface area contributed by atoms with Crippen LogP contribution in [0.2, 0.25) is 18.1 Å². The molecular formula is C18H29NO6Si. The van der Waals surface area contributed by atoms with E-state index in [0.29, 0.717) is 19.3 Å². The summed E-state index contributed by atoms with van der Waals surface area (Å²) in [7, 11) is -1.99. The van der Waals surface area contributed by atoms with E-state index in [2.05, 4.69) is 33.9 Å². The molecule has 2 atom stereocenters. The Morgan fingerprint density at radius 3 is 2.42 bits per heavy atom. The first-order valence-electron chi connectivity index (χ1n) is 8.62. The summed E-state index contributed by atoms with van der Waals surface area (Å²) in [5.74, 6) is -2.31. The second-order valence-corrected chi connectivity index (χ2v) is 12.8. The minimum Gasteiger partial charge on any atom is -0.504 e. The highest BCUT2D eigenvalue weighted by atomic mass is 28.4. The Labute approximate surface area is 155 Å². The van der Waals surface area contributed by atoms with Gasteiger partial charge < -0.3 is 19.4 Å². The van der Waals surface area contributed by atoms with Crippen molar-refractivity contribution in [1.82, 2.24) is 0 Å². The normalized spacial score (nSPS) is 14.7. The van der Waals surface area contributed by atoms with Gasteiger partial charge in [-0.25, -0.2) is 0 Å². The number of carbonyl (C=O) groups excluding carboxylic acids is 1. The van der Waals surface area contributed by atoms with Crippen LogP contribution >= 0.6 is 0 Å². The number of rotatable bonds is 9. The molecule has 0 heterocycles. The lowest BCUT2D eigenvalue weighted by molar-refractivity contribution is -0.484. The molecule has 26 heavy (non-hydrogen) atoms. The lowest BCUT2D eigenvalue weighted by atomic mass is 9.84. The molecule has 0 aliphatic heterocycles. The van der Waals surface area contributed by atoms with Gasteiger partial charge in [0.15, 0.2) is 19.8 Å². The Balaban J connectivity index is 2.99. The maximum atomic E-state index is 11.6. The van der Waals surface area contributed by atoms with Crippen molar-refractivity contribution >= 4 is 14.6 Å². The average Bonchev–Trinajstić information content (AvgIpc) is 2.51. The Morgan fingerprint density at radius 2 is 1.92 bits per heavy atom. The van der Waals surface area contributed by atoms with Gasteiger partial charge in [-0.1, -0.05) is 32.9 Å². The number of benzene rings is 1. The molecule has 2 unspecified atom stereocenters. The number of phenols is 2. The first-order chi connectivity index (χ1) is 11.9. The summed E-state index contributed by atoms with van der Waals surface area (Å²) in [5.41, 5.74) is 0.200. The quantitative estimate of drug-likeness (QED) is 0.221. The molecule has 0 bridgehead atoms. The van der Waals surface area contributed by atoms with Crippen LogP contribution in [0.5, 0.6) is 11.5 Å². The highest BCUT2D eigenvalue weighted by Crippen LogP contribution is 2.39. The van der Waals surface area contributed by atoms with Crippen LogP contribution in [-0.4, -0.2) is 42.9 Å². The Hall–Kier alpha value is -1.93. The minimum absolute atomic E-state index is 0.0212. The molecule has 1 aromatic rings. The molecule has 1 aromatic carbocycles. The molecule has 2 N–H and O–H groups in total. The number of hydrogen-bond acceptors (Lipinski definition) is 6. The van der Waals surface area contributed by atoms with Crippen LogP contribution < -0.4 is 0 Å². The highest BCUT2D eigenvalue weighted by Gasteiger charge is 2.38. The summed E-state index contributed by atoms with van der Waals surface area (Å²) >= 11 is 0. The van der Waals surface area contributed by atoms with Crippen LogP contribution in [0.15, 0.2) is 18.2 Å². The number of hydrogen-bond donors (Lipinski definition) is 2. The van der Waals surface area contributed by atoms with Gasteiger partial charge in [-0.2, -0.15) is 0 Å². The largest absolute Gasteiger partial charge is 0.504 e. The lowest BCUT2D eigenvalue weighted by Crippen LogP contribution is -2.41. The molecule has 7 nitrogen and oxygen atoms in total. The number of phenolic OH excluding ortho intramolecular Hbond substituents is 2. The summed E-state index contributed by atoms with van der Waals surface area (Å²) in [5, 5.41) is 30.9. The first kappa shape index (κ1) is 22.1. The Bertz CT molecular complexity index is 641. The van der Waals surface area contributed by atoms with Crippen LogP contribution in [0.25, 0.3) is 0 Å². The zero-order valence-electron chi connectivity index (χ0n) is 16.1. The van der Waals surface area contributed by atoms with E-state index in [4.69, 9.17) is 4.43 Å². The van der Waals surface area contributed by atoms with Gasteiger partial charge in [0.25, 0.3) is 0 Å². The average molecular weight is 384 g/mol. The van der Waals surface area contributed by atoms with Crippen molar-refractivity contribution in [2.75, 3.05) is 13.2 Å². The van der Waals surface area contributed by atoms with Crippen LogP contribution in [0, 0.1) is 16.0 Å². The molecule has 8 heteroatoms. The predicted molar refractivity (Wildman–Crippen MR) is 102 cm³/mol. The molecule has 0 aliphatic carbocycles. The van der Waals surface area contributed by atoms with Gasteiger partial charge in [0.2, 0.25) is 6.54 Å². The van der Waals surface area contributed by atoms with Crippen molar-refractivity contribution in [2.24, 2.45) is 5.92 Å². The molecule has 0 radical (unpaired) electrons. The van der Waals surface area contributed by atoms with Crippen LogP contribution in [-0.2, 0) is 9.22 Å². The molecule has 0 saturated carbocycles. The number of nitrogens with zero attached hydrogens (tertiary/aromatic N) is 1. The standard InChI is InChI=1S/C18H29NO6Si/c1-18(2,3)26(4,5)25-10-9-13(12-20)15(11-19(23)24)14-7-6-8-16(21)17(14)22/h6-8,12-13,15,21-22H,9-11H2,1-5H3. The number of carbonyl (C=O) groups is 1. The number of nitro groups is 1. The first-order valence-corrected chi connectivity index (χ1v) is 11.5. The molecule has 0 fully saturated rings. The summed E-state index contributed by atoms with van der Waals surface area (Å²) in [4.78, 5) is 22.2. The molecule has 0 spiro atoms. The van der Waals surface area contributed by atoms with Gasteiger partial charge in [0, 0.05) is 23.0 Å². The van der Waals surface area contributed by atoms with E-state index in [1.807, 2.05) is 0 Å². The molecule has 0 aliphatic rings. The van der Waals surface area contributed by atoms with Crippen molar-refractivity contribution in [3.05, 3.63) is 33.9 Å². The second-order valence-electron chi connectivity index (χ2n) is 8.03. The molecule has 0 aromatic heterocycles. The Kier molecular flexibility index (Phi) is 7.34. The van der Waals surface area contributed by atoms with Gasteiger partial charge in [-0.15, -0.1) is 0 Å². The van der Waals surface area contributed by atoms with Crippen molar-refractivity contribution in [1.29, 1.82) is 0 Å². The highest BCUT2D eigenvalue weighted by molar-refractivity contribution is 6.74. The van der Waals surface area contributed by atoms with Gasteiger partial charge in [0.1, 0.15) is 6.29 Å². The maximum Gasteiger partial charge on any atom is 0.211 e. The molecule has 0 saturated heterocycles. The second kappa shape index (κ2) is 8.63. The van der Waals surface area contributed by atoms with Crippen molar-refractivity contribution in [2.45, 2.75) is 51.2 Å².